The number of halogens is 5. The van der Waals surface area contributed by atoms with Crippen LogP contribution >= 0.6 is 58.0 Å². The van der Waals surface area contributed by atoms with Crippen LogP contribution in [0.5, 0.6) is 0 Å². The smallest absolute Gasteiger partial charge is 0.303 e. The Hall–Kier alpha value is -7.87. The van der Waals surface area contributed by atoms with Crippen LogP contribution in [0.3, 0.4) is 0 Å². The third-order valence-corrected chi connectivity index (χ3v) is 18.9. The van der Waals surface area contributed by atoms with Gasteiger partial charge < -0.3 is 93.0 Å². The van der Waals surface area contributed by atoms with Crippen LogP contribution in [0.2, 0.25) is 25.8 Å². The molecule has 0 spiro atoms. The lowest BCUT2D eigenvalue weighted by atomic mass is 9.96. The lowest BCUT2D eigenvalue weighted by Crippen LogP contribution is -2.47. The van der Waals surface area contributed by atoms with Gasteiger partial charge in [0.05, 0.1) is 58.1 Å². The van der Waals surface area contributed by atoms with Crippen molar-refractivity contribution >= 4 is 132 Å². The number of aliphatic hydroxyl groups excluding tert-OH is 6. The van der Waals surface area contributed by atoms with Crippen molar-refractivity contribution < 1.29 is 107 Å². The molecule has 10 aromatic rings. The van der Waals surface area contributed by atoms with E-state index in [1.165, 1.54) is 109 Å². The molecular formula is C58H61Cl5N20O22. The topological polar surface area (TPSA) is 533 Å². The fraction of sp³-hybridized carbons (Fsp3) is 0.517. The minimum absolute atomic E-state index is 0.0989. The number of ether oxygens (including phenoxy) is 11. The van der Waals surface area contributed by atoms with Crippen molar-refractivity contribution in [3.05, 3.63) is 89.0 Å². The number of ketones is 1. The zero-order valence-electron chi connectivity index (χ0n) is 54.7. The molecule has 0 aromatic carbocycles. The van der Waals surface area contributed by atoms with Crippen LogP contribution in [0.4, 0.5) is 0 Å². The number of carbonyl (C=O) groups is 3. The zero-order valence-corrected chi connectivity index (χ0v) is 58.4. The second-order valence-electron chi connectivity index (χ2n) is 24.3. The summed E-state index contributed by atoms with van der Waals surface area (Å²) in [6.07, 6.45) is -0.514. The van der Waals surface area contributed by atoms with Gasteiger partial charge in [-0.05, 0) is 13.8 Å². The molecule has 0 saturated carbocycles. The number of rotatable bonds is 10. The molecule has 5 unspecified atom stereocenters. The van der Waals surface area contributed by atoms with Gasteiger partial charge in [-0.15, -0.1) is 0 Å². The summed E-state index contributed by atoms with van der Waals surface area (Å²) in [7, 11) is 0. The molecule has 7 aliphatic rings. The van der Waals surface area contributed by atoms with Crippen LogP contribution in [0, 0.1) is 0 Å². The van der Waals surface area contributed by atoms with Gasteiger partial charge in [0, 0.05) is 13.8 Å². The standard InChI is InChI=1S/C15H17ClN4O6.C11H11ClN4O4.C11H9ClN4O4.C11H13ClN4O4.C10H11ClN4O4/c1-7(21)24-4-9-11(25-8(2)22)15(3,23)14(26-9)20-6-19-10-12(16)17-5-18-13(10)20;2*12-9-6-10(14-2-13-9)16(3-15-6)11-7(17)8-5(20-11)1-18-4-19-8;1-11(19)7(18)5(2-17)20-10(11)16-4-15-6-8(12)13-3-14-9(6)16;11-8-5-9(13-2-12-8)15(3-14-5)10-7(18)6(17)4(1-16)19-10/h5-6,9,11,14,23H,4H2,1-3H3;2-3,5,7-8,11,17H,1,4H2;2-3,5,8,11H,1,4H2;3-5,7,10,17-19H,2H2,1H3;2-4,6-7,10,16-18H,1H2/t9-,11?,14-,15+;5-,7+,8?,11-;5-,8?,11-;5-,7?,10-,11+;4-,6?,7+,10-/m11111/s1. The van der Waals surface area contributed by atoms with Crippen molar-refractivity contribution in [3.63, 3.8) is 0 Å². The first kappa shape index (κ1) is 75.4. The minimum Gasteiger partial charge on any atom is -0.463 e. The predicted molar refractivity (Wildman–Crippen MR) is 349 cm³/mol. The lowest BCUT2D eigenvalue weighted by Gasteiger charge is -2.29. The summed E-state index contributed by atoms with van der Waals surface area (Å²) in [5.74, 6) is -1.30. The fourth-order valence-corrected chi connectivity index (χ4v) is 13.3. The highest BCUT2D eigenvalue weighted by Gasteiger charge is 2.58. The number of hydrogen-bond donors (Lipinski definition) is 8. The van der Waals surface area contributed by atoms with Gasteiger partial charge in [-0.2, -0.15) is 0 Å². The van der Waals surface area contributed by atoms with Gasteiger partial charge >= 0.3 is 11.9 Å². The summed E-state index contributed by atoms with van der Waals surface area (Å²) in [6.45, 7) is 5.32. The molecule has 7 aliphatic heterocycles. The molecule has 8 N–H and O–H groups in total. The number of aromatic nitrogens is 20. The number of Topliss-reactive ketones (excluding diaryl/α,β-unsaturated/α-hetero) is 1. The van der Waals surface area contributed by atoms with Crippen molar-refractivity contribution in [2.75, 3.05) is 46.6 Å². The van der Waals surface area contributed by atoms with Gasteiger partial charge in [-0.3, -0.25) is 37.2 Å². The fourth-order valence-electron chi connectivity index (χ4n) is 12.5. The van der Waals surface area contributed by atoms with E-state index < -0.39 is 135 Å². The molecular weight excluding hydrogens is 1510 g/mol. The maximum atomic E-state index is 12.3. The average molecular weight is 1570 g/mol. The Morgan fingerprint density at radius 3 is 1.35 bits per heavy atom. The monoisotopic (exact) mass is 1560 g/mol. The lowest BCUT2D eigenvalue weighted by molar-refractivity contribution is -0.189. The summed E-state index contributed by atoms with van der Waals surface area (Å²) in [6, 6.07) is 0. The Kier molecular flexibility index (Phi) is 22.4. The van der Waals surface area contributed by atoms with E-state index >= 15 is 0 Å². The number of esters is 2. The summed E-state index contributed by atoms with van der Waals surface area (Å²) >= 11 is 29.7. The Bertz CT molecular complexity index is 4810. The van der Waals surface area contributed by atoms with Gasteiger partial charge in [0.1, 0.15) is 152 Å². The number of fused-ring (bicyclic) bond motifs is 7. The highest BCUT2D eigenvalue weighted by atomic mass is 35.5. The third-order valence-electron chi connectivity index (χ3n) is 17.5. The second-order valence-corrected chi connectivity index (χ2v) is 26.1. The minimum atomic E-state index is -1.65. The normalized spacial score (nSPS) is 31.2. The molecule has 47 heteroatoms. The average Bonchev–Trinajstić information content (AvgIpc) is 1.60. The quantitative estimate of drug-likeness (QED) is 0.0639. The molecule has 17 heterocycles. The Morgan fingerprint density at radius 2 is 0.914 bits per heavy atom. The van der Waals surface area contributed by atoms with Gasteiger partial charge in [0.15, 0.2) is 97.3 Å². The Morgan fingerprint density at radius 1 is 0.495 bits per heavy atom. The maximum Gasteiger partial charge on any atom is 0.303 e. The van der Waals surface area contributed by atoms with Crippen molar-refractivity contribution in [2.45, 2.75) is 143 Å². The molecule has 0 amide bonds. The van der Waals surface area contributed by atoms with E-state index in [0.717, 1.165) is 0 Å². The van der Waals surface area contributed by atoms with E-state index in [1.54, 1.807) is 4.57 Å². The number of nitrogens with zero attached hydrogens (tertiary/aromatic N) is 20. The molecule has 7 saturated heterocycles. The van der Waals surface area contributed by atoms with Crippen LogP contribution < -0.4 is 0 Å². The molecule has 10 aromatic heterocycles. The largest absolute Gasteiger partial charge is 0.463 e. The summed E-state index contributed by atoms with van der Waals surface area (Å²) in [4.78, 5) is 95.1. The highest BCUT2D eigenvalue weighted by Crippen LogP contribution is 2.44. The van der Waals surface area contributed by atoms with Gasteiger partial charge in [-0.1, -0.05) is 58.0 Å². The van der Waals surface area contributed by atoms with Crippen molar-refractivity contribution in [3.8, 4) is 0 Å². The van der Waals surface area contributed by atoms with E-state index in [2.05, 4.69) is 74.8 Å². The third kappa shape index (κ3) is 14.5. The number of carbonyl (C=O) groups excluding carboxylic acids is 3. The zero-order chi connectivity index (χ0) is 74.5. The van der Waals surface area contributed by atoms with Crippen LogP contribution in [0.15, 0.2) is 63.3 Å². The summed E-state index contributed by atoms with van der Waals surface area (Å²) in [5, 5.41) is 80.7. The second kappa shape index (κ2) is 31.1. The van der Waals surface area contributed by atoms with Gasteiger partial charge in [0.2, 0.25) is 5.78 Å². The Labute approximate surface area is 612 Å². The van der Waals surface area contributed by atoms with E-state index in [0.29, 0.717) is 69.0 Å². The molecule has 0 radical (unpaired) electrons. The first-order valence-electron chi connectivity index (χ1n) is 31.4. The number of hydrogen-bond acceptors (Lipinski definition) is 37. The molecule has 19 atom stereocenters. The summed E-state index contributed by atoms with van der Waals surface area (Å²) < 4.78 is 67.0. The molecule has 17 rings (SSSR count). The van der Waals surface area contributed by atoms with Crippen LogP contribution in [0.1, 0.15) is 58.8 Å². The van der Waals surface area contributed by atoms with E-state index in [1.807, 2.05) is 0 Å². The van der Waals surface area contributed by atoms with E-state index in [4.69, 9.17) is 115 Å². The van der Waals surface area contributed by atoms with Crippen LogP contribution in [-0.2, 0) is 66.5 Å². The van der Waals surface area contributed by atoms with Gasteiger partial charge in [-0.25, -0.2) is 74.8 Å². The molecule has 0 aliphatic carbocycles. The van der Waals surface area contributed by atoms with Crippen LogP contribution in [-0.4, -0.2) is 287 Å². The molecule has 7 fully saturated rings. The van der Waals surface area contributed by atoms with Crippen molar-refractivity contribution in [1.82, 2.24) is 97.6 Å². The van der Waals surface area contributed by atoms with Crippen molar-refractivity contribution in [1.29, 1.82) is 0 Å². The molecule has 560 valence electrons. The first-order valence-corrected chi connectivity index (χ1v) is 33.3. The predicted octanol–water partition coefficient (Wildman–Crippen LogP) is -0.375. The first-order chi connectivity index (χ1) is 50.3. The summed E-state index contributed by atoms with van der Waals surface area (Å²) in [5.41, 5.74) is 0.783. The number of aliphatic hydroxyl groups is 8. The molecule has 105 heavy (non-hydrogen) atoms. The number of imidazole rings is 5. The molecule has 42 nitrogen and oxygen atoms in total. The van der Waals surface area contributed by atoms with Crippen molar-refractivity contribution in [2.24, 2.45) is 0 Å². The maximum absolute atomic E-state index is 12.3. The highest BCUT2D eigenvalue weighted by molar-refractivity contribution is 6.35. The van der Waals surface area contributed by atoms with E-state index in [9.17, 15) is 50.1 Å². The van der Waals surface area contributed by atoms with Crippen LogP contribution in [0.25, 0.3) is 55.8 Å². The van der Waals surface area contributed by atoms with Gasteiger partial charge in [0.25, 0.3) is 0 Å². The Balaban J connectivity index is 0.000000117. The molecule has 0 bridgehead atoms. The SMILES string of the molecule is CC(=O)OC[C@H]1O[C@@H](n2cnc3c(Cl)ncnc32)[C@@](C)(O)C1OC(C)=O.C[C@]1(O)C(O)[C@@H](CO)O[C@H]1n1cnc2c(Cl)ncnc21.O=C1C2OCOC[C@H]2O[C@H]1n1cnc2c(Cl)ncnc21.OC[C@H]1O[C@@H](n2cnc3c(Cl)ncnc32)[C@@H](O)C1O.O[C@H]1C2OCOC[C@H]2O[C@H]1n1cnc2c(Cl)ncnc21. The van der Waals surface area contributed by atoms with E-state index in [-0.39, 0.29) is 57.8 Å².